The number of amides is 1. The summed E-state index contributed by atoms with van der Waals surface area (Å²) < 4.78 is 4.89. The van der Waals surface area contributed by atoms with Crippen LogP contribution in [0, 0.1) is 10.1 Å². The molecule has 30 heavy (non-hydrogen) atoms. The number of phenols is 1. The molecule has 152 valence electrons. The van der Waals surface area contributed by atoms with Crippen molar-refractivity contribution in [2.24, 2.45) is 5.10 Å². The number of aromatic amines is 1. The van der Waals surface area contributed by atoms with Gasteiger partial charge < -0.3 is 14.8 Å². The van der Waals surface area contributed by atoms with Crippen LogP contribution in [0.3, 0.4) is 0 Å². The largest absolute Gasteiger partial charge is 0.500 e. The van der Waals surface area contributed by atoms with Gasteiger partial charge in [-0.1, -0.05) is 30.3 Å². The Morgan fingerprint density at radius 2 is 2.03 bits per heavy atom. The number of hydrazone groups is 1. The summed E-state index contributed by atoms with van der Waals surface area (Å²) in [5, 5.41) is 24.5. The normalized spacial score (nSPS) is 10.7. The van der Waals surface area contributed by atoms with Gasteiger partial charge in [0.25, 0.3) is 5.91 Å². The van der Waals surface area contributed by atoms with E-state index < -0.39 is 28.0 Å². The molecule has 0 aliphatic rings. The number of phenolic OH excluding ortho intramolecular Hbond substituents is 1. The van der Waals surface area contributed by atoms with Gasteiger partial charge in [-0.05, 0) is 12.1 Å². The fourth-order valence-corrected chi connectivity index (χ4v) is 2.55. The van der Waals surface area contributed by atoms with Crippen molar-refractivity contribution in [3.8, 4) is 22.8 Å². The van der Waals surface area contributed by atoms with E-state index in [1.54, 1.807) is 24.3 Å². The smallest absolute Gasteiger partial charge is 0.346 e. The van der Waals surface area contributed by atoms with Crippen LogP contribution >= 0.6 is 0 Å². The van der Waals surface area contributed by atoms with Crippen LogP contribution in [-0.4, -0.2) is 39.2 Å². The lowest BCUT2D eigenvalue weighted by molar-refractivity contribution is -0.386. The second-order valence-electron chi connectivity index (χ2n) is 5.90. The fraction of sp³-hybridized carbons (Fsp3) is 0.0526. The lowest BCUT2D eigenvalue weighted by Gasteiger charge is -2.05. The van der Waals surface area contributed by atoms with Gasteiger partial charge in [0.15, 0.2) is 5.75 Å². The summed E-state index contributed by atoms with van der Waals surface area (Å²) in [6, 6.07) is 12.6. The molecule has 11 nitrogen and oxygen atoms in total. The summed E-state index contributed by atoms with van der Waals surface area (Å²) in [5.41, 5.74) is 2.03. The first-order chi connectivity index (χ1) is 14.4. The Labute approximate surface area is 168 Å². The highest BCUT2D eigenvalue weighted by molar-refractivity contribution is 5.94. The van der Waals surface area contributed by atoms with E-state index in [1.807, 2.05) is 6.07 Å². The predicted molar refractivity (Wildman–Crippen MR) is 107 cm³/mol. The quantitative estimate of drug-likeness (QED) is 0.318. The SMILES string of the molecule is COc1cc(/C=N/NC(=O)c2cc(-c3ccccc3)nc(=O)[nH]2)cc([N+](=O)[O-])c1O. The second-order valence-corrected chi connectivity index (χ2v) is 5.90. The number of nitro groups is 1. The molecule has 0 aliphatic heterocycles. The van der Waals surface area contributed by atoms with Crippen molar-refractivity contribution in [3.05, 3.63) is 80.4 Å². The minimum Gasteiger partial charge on any atom is -0.500 e. The van der Waals surface area contributed by atoms with Gasteiger partial charge >= 0.3 is 11.4 Å². The Bertz CT molecular complexity index is 1190. The molecular weight excluding hydrogens is 394 g/mol. The molecule has 3 N–H and O–H groups in total. The number of aromatic nitrogens is 2. The van der Waals surface area contributed by atoms with Gasteiger partial charge in [-0.2, -0.15) is 10.1 Å². The van der Waals surface area contributed by atoms with Crippen molar-refractivity contribution in [2.75, 3.05) is 7.11 Å². The lowest BCUT2D eigenvalue weighted by atomic mass is 10.1. The Balaban J connectivity index is 1.82. The van der Waals surface area contributed by atoms with Crippen molar-refractivity contribution >= 4 is 17.8 Å². The molecule has 0 radical (unpaired) electrons. The Morgan fingerprint density at radius 3 is 2.70 bits per heavy atom. The molecule has 3 rings (SSSR count). The molecule has 0 bridgehead atoms. The highest BCUT2D eigenvalue weighted by atomic mass is 16.6. The van der Waals surface area contributed by atoms with Crippen molar-refractivity contribution in [1.29, 1.82) is 0 Å². The highest BCUT2D eigenvalue weighted by Crippen LogP contribution is 2.36. The summed E-state index contributed by atoms with van der Waals surface area (Å²) in [6.07, 6.45) is 1.13. The van der Waals surface area contributed by atoms with Gasteiger partial charge in [0, 0.05) is 17.2 Å². The zero-order valence-electron chi connectivity index (χ0n) is 15.5. The maximum Gasteiger partial charge on any atom is 0.346 e. The van der Waals surface area contributed by atoms with Crippen LogP contribution in [0.25, 0.3) is 11.3 Å². The van der Waals surface area contributed by atoms with Crippen LogP contribution in [0.2, 0.25) is 0 Å². The van der Waals surface area contributed by atoms with E-state index in [1.165, 1.54) is 19.2 Å². The van der Waals surface area contributed by atoms with Gasteiger partial charge in [-0.15, -0.1) is 0 Å². The van der Waals surface area contributed by atoms with Gasteiger partial charge in [-0.25, -0.2) is 10.2 Å². The molecular formula is C19H15N5O6. The molecule has 0 saturated carbocycles. The third-order valence-electron chi connectivity index (χ3n) is 3.93. The van der Waals surface area contributed by atoms with E-state index in [0.717, 1.165) is 12.3 Å². The van der Waals surface area contributed by atoms with Gasteiger partial charge in [0.1, 0.15) is 5.69 Å². The first kappa shape index (κ1) is 20.2. The number of benzene rings is 2. The minimum atomic E-state index is -0.777. The fourth-order valence-electron chi connectivity index (χ4n) is 2.55. The molecule has 3 aromatic rings. The first-order valence-corrected chi connectivity index (χ1v) is 8.44. The van der Waals surface area contributed by atoms with Crippen LogP contribution in [0.5, 0.6) is 11.5 Å². The molecule has 0 fully saturated rings. The molecule has 11 heteroatoms. The molecule has 2 aromatic carbocycles. The Kier molecular flexibility index (Phi) is 5.82. The maximum absolute atomic E-state index is 12.3. The number of methoxy groups -OCH3 is 1. The summed E-state index contributed by atoms with van der Waals surface area (Å²) in [5.74, 6) is -1.46. The topological polar surface area (TPSA) is 160 Å². The molecule has 0 atom stereocenters. The number of hydrogen-bond donors (Lipinski definition) is 3. The number of H-pyrrole nitrogens is 1. The van der Waals surface area contributed by atoms with Crippen LogP contribution in [0.4, 0.5) is 5.69 Å². The number of rotatable bonds is 6. The number of carbonyl (C=O) groups is 1. The summed E-state index contributed by atoms with van der Waals surface area (Å²) in [6.45, 7) is 0. The predicted octanol–water partition coefficient (Wildman–Crippen LogP) is 1.82. The summed E-state index contributed by atoms with van der Waals surface area (Å²) in [4.78, 5) is 40.5. The number of nitro benzene ring substituents is 1. The average Bonchev–Trinajstić information content (AvgIpc) is 2.74. The molecule has 1 amide bonds. The van der Waals surface area contributed by atoms with Crippen LogP contribution in [-0.2, 0) is 0 Å². The first-order valence-electron chi connectivity index (χ1n) is 8.44. The minimum absolute atomic E-state index is 0.0692. The van der Waals surface area contributed by atoms with Crippen molar-refractivity contribution in [1.82, 2.24) is 15.4 Å². The molecule has 0 aliphatic carbocycles. The number of carbonyl (C=O) groups excluding carboxylic acids is 1. The van der Waals surface area contributed by atoms with Gasteiger partial charge in [0.2, 0.25) is 5.75 Å². The number of aromatic hydroxyl groups is 1. The molecule has 1 aromatic heterocycles. The average molecular weight is 409 g/mol. The molecule has 0 saturated heterocycles. The number of nitrogens with one attached hydrogen (secondary N) is 2. The molecule has 0 unspecified atom stereocenters. The molecule has 0 spiro atoms. The monoisotopic (exact) mass is 409 g/mol. The van der Waals surface area contributed by atoms with Crippen LogP contribution in [0.15, 0.2) is 58.4 Å². The van der Waals surface area contributed by atoms with Crippen molar-refractivity contribution in [2.45, 2.75) is 0 Å². The number of ether oxygens (including phenoxy) is 1. The third kappa shape index (κ3) is 4.47. The van der Waals surface area contributed by atoms with E-state index >= 15 is 0 Å². The lowest BCUT2D eigenvalue weighted by Crippen LogP contribution is -2.24. The summed E-state index contributed by atoms with van der Waals surface area (Å²) >= 11 is 0. The zero-order chi connectivity index (χ0) is 21.7. The zero-order valence-corrected chi connectivity index (χ0v) is 15.5. The Morgan fingerprint density at radius 1 is 1.30 bits per heavy atom. The third-order valence-corrected chi connectivity index (χ3v) is 3.93. The molecule has 1 heterocycles. The maximum atomic E-state index is 12.3. The Hall–Kier alpha value is -4.54. The van der Waals surface area contributed by atoms with E-state index in [9.17, 15) is 24.8 Å². The van der Waals surface area contributed by atoms with Crippen molar-refractivity contribution in [3.63, 3.8) is 0 Å². The summed E-state index contributed by atoms with van der Waals surface area (Å²) in [7, 11) is 1.24. The van der Waals surface area contributed by atoms with Gasteiger partial charge in [0.05, 0.1) is 23.9 Å². The number of nitrogens with zero attached hydrogens (tertiary/aromatic N) is 3. The standard InChI is InChI=1S/C19H15N5O6/c1-30-16-8-11(7-15(17(16)25)24(28)29)10-20-23-18(26)14-9-13(21-19(27)22-14)12-5-3-2-4-6-12/h2-10,25H,1H3,(H,23,26)(H,21,22,27)/b20-10+. The van der Waals surface area contributed by atoms with E-state index in [-0.39, 0.29) is 17.0 Å². The highest BCUT2D eigenvalue weighted by Gasteiger charge is 2.19. The second kappa shape index (κ2) is 8.65. The van der Waals surface area contributed by atoms with E-state index in [4.69, 9.17) is 4.74 Å². The van der Waals surface area contributed by atoms with Crippen molar-refractivity contribution < 1.29 is 19.6 Å². The van der Waals surface area contributed by atoms with Gasteiger partial charge in [-0.3, -0.25) is 14.9 Å². The van der Waals surface area contributed by atoms with E-state index in [2.05, 4.69) is 20.5 Å². The van der Waals surface area contributed by atoms with E-state index in [0.29, 0.717) is 11.3 Å². The number of hydrogen-bond acceptors (Lipinski definition) is 8. The van der Waals surface area contributed by atoms with Crippen LogP contribution in [0.1, 0.15) is 16.1 Å². The van der Waals surface area contributed by atoms with Crippen LogP contribution < -0.4 is 15.9 Å².